The van der Waals surface area contributed by atoms with Crippen LogP contribution in [0.25, 0.3) is 0 Å². The molecule has 0 aromatic heterocycles. The van der Waals surface area contributed by atoms with Crippen LogP contribution in [-0.2, 0) is 4.79 Å². The molecule has 1 heterocycles. The number of nitrogens with zero attached hydrogens (tertiary/aromatic N) is 2. The lowest BCUT2D eigenvalue weighted by atomic mass is 10.1. The smallest absolute Gasteiger partial charge is 0.254 e. The van der Waals surface area contributed by atoms with E-state index in [0.717, 1.165) is 5.69 Å². The summed E-state index contributed by atoms with van der Waals surface area (Å²) in [6.07, 6.45) is 0. The molecule has 25 heavy (non-hydrogen) atoms. The Balaban J connectivity index is 1.73. The molecule has 5 nitrogen and oxygen atoms in total. The van der Waals surface area contributed by atoms with Crippen molar-refractivity contribution in [3.05, 3.63) is 59.4 Å². The Labute approximate surface area is 145 Å². The number of methoxy groups -OCH3 is 1. The summed E-state index contributed by atoms with van der Waals surface area (Å²) in [5, 5.41) is 0. The number of rotatable bonds is 3. The topological polar surface area (TPSA) is 49.9 Å². The van der Waals surface area contributed by atoms with Crippen molar-refractivity contribution in [1.29, 1.82) is 0 Å². The zero-order valence-electron chi connectivity index (χ0n) is 14.2. The van der Waals surface area contributed by atoms with E-state index in [2.05, 4.69) is 0 Å². The van der Waals surface area contributed by atoms with Gasteiger partial charge < -0.3 is 14.5 Å². The molecule has 6 heteroatoms. The number of ether oxygens (including phenoxy) is 1. The lowest BCUT2D eigenvalue weighted by Gasteiger charge is -2.34. The second-order valence-electron chi connectivity index (χ2n) is 5.94. The first kappa shape index (κ1) is 17.0. The lowest BCUT2D eigenvalue weighted by Crippen LogP contribution is -2.52. The Morgan fingerprint density at radius 2 is 1.96 bits per heavy atom. The Hall–Kier alpha value is -2.89. The third-order valence-electron chi connectivity index (χ3n) is 4.29. The van der Waals surface area contributed by atoms with Crippen molar-refractivity contribution in [2.24, 2.45) is 0 Å². The normalized spacial score (nSPS) is 14.6. The molecule has 0 aliphatic carbocycles. The van der Waals surface area contributed by atoms with Gasteiger partial charge in [0.25, 0.3) is 5.91 Å². The molecule has 0 unspecified atom stereocenters. The van der Waals surface area contributed by atoms with E-state index in [1.807, 2.05) is 12.1 Å². The van der Waals surface area contributed by atoms with E-state index in [1.54, 1.807) is 43.2 Å². The maximum Gasteiger partial charge on any atom is 0.254 e. The first-order valence-corrected chi connectivity index (χ1v) is 7.99. The SMILES string of the molecule is COc1cccc(N2CCN(C(=O)c3ccc(C)c(F)c3)CC2=O)c1. The monoisotopic (exact) mass is 342 g/mol. The Morgan fingerprint density at radius 3 is 2.64 bits per heavy atom. The minimum atomic E-state index is -0.424. The molecule has 1 fully saturated rings. The van der Waals surface area contributed by atoms with Gasteiger partial charge in [0, 0.05) is 30.4 Å². The third kappa shape index (κ3) is 3.47. The number of hydrogen-bond donors (Lipinski definition) is 0. The summed E-state index contributed by atoms with van der Waals surface area (Å²) in [5.41, 5.74) is 1.47. The Kier molecular flexibility index (Phi) is 4.70. The number of amides is 2. The van der Waals surface area contributed by atoms with E-state index >= 15 is 0 Å². The number of hydrogen-bond acceptors (Lipinski definition) is 3. The van der Waals surface area contributed by atoms with Crippen LogP contribution in [0.5, 0.6) is 5.75 Å². The summed E-state index contributed by atoms with van der Waals surface area (Å²) >= 11 is 0. The number of piperazine rings is 1. The molecule has 3 rings (SSSR count). The van der Waals surface area contributed by atoms with Crippen LogP contribution in [0.3, 0.4) is 0 Å². The second-order valence-corrected chi connectivity index (χ2v) is 5.94. The molecule has 0 atom stereocenters. The van der Waals surface area contributed by atoms with Crippen molar-refractivity contribution in [3.8, 4) is 5.75 Å². The van der Waals surface area contributed by atoms with Gasteiger partial charge in [0.2, 0.25) is 5.91 Å². The number of aryl methyl sites for hydroxylation is 1. The van der Waals surface area contributed by atoms with E-state index < -0.39 is 5.82 Å². The minimum absolute atomic E-state index is 0.0362. The molecule has 0 spiro atoms. The van der Waals surface area contributed by atoms with Crippen molar-refractivity contribution in [2.45, 2.75) is 6.92 Å². The molecule has 2 amide bonds. The maximum absolute atomic E-state index is 13.7. The first-order chi connectivity index (χ1) is 12.0. The number of carbonyl (C=O) groups is 2. The molecule has 0 bridgehead atoms. The van der Waals surface area contributed by atoms with Crippen LogP contribution in [0.4, 0.5) is 10.1 Å². The average Bonchev–Trinajstić information content (AvgIpc) is 2.63. The molecule has 2 aromatic carbocycles. The third-order valence-corrected chi connectivity index (χ3v) is 4.29. The average molecular weight is 342 g/mol. The number of halogens is 1. The van der Waals surface area contributed by atoms with E-state index in [1.165, 1.54) is 11.0 Å². The van der Waals surface area contributed by atoms with Crippen LogP contribution >= 0.6 is 0 Å². The van der Waals surface area contributed by atoms with Crippen LogP contribution in [0.15, 0.2) is 42.5 Å². The van der Waals surface area contributed by atoms with Crippen molar-refractivity contribution in [1.82, 2.24) is 4.90 Å². The summed E-state index contributed by atoms with van der Waals surface area (Å²) < 4.78 is 18.9. The molecule has 1 saturated heterocycles. The summed E-state index contributed by atoms with van der Waals surface area (Å²) in [7, 11) is 1.57. The largest absolute Gasteiger partial charge is 0.497 e. The highest BCUT2D eigenvalue weighted by molar-refractivity contribution is 6.01. The van der Waals surface area contributed by atoms with E-state index in [0.29, 0.717) is 24.4 Å². The van der Waals surface area contributed by atoms with E-state index in [4.69, 9.17) is 4.74 Å². The fourth-order valence-corrected chi connectivity index (χ4v) is 2.81. The van der Waals surface area contributed by atoms with Crippen LogP contribution in [0.1, 0.15) is 15.9 Å². The lowest BCUT2D eigenvalue weighted by molar-refractivity contribution is -0.120. The van der Waals surface area contributed by atoms with Gasteiger partial charge in [-0.25, -0.2) is 4.39 Å². The van der Waals surface area contributed by atoms with Gasteiger partial charge in [-0.1, -0.05) is 12.1 Å². The highest BCUT2D eigenvalue weighted by Crippen LogP contribution is 2.23. The van der Waals surface area contributed by atoms with Crippen LogP contribution in [0.2, 0.25) is 0 Å². The van der Waals surface area contributed by atoms with Crippen LogP contribution in [0, 0.1) is 12.7 Å². The Bertz CT molecular complexity index is 822. The quantitative estimate of drug-likeness (QED) is 0.862. The summed E-state index contributed by atoms with van der Waals surface area (Å²) in [6, 6.07) is 11.6. The molecule has 0 N–H and O–H groups in total. The van der Waals surface area contributed by atoms with Gasteiger partial charge >= 0.3 is 0 Å². The fourth-order valence-electron chi connectivity index (χ4n) is 2.81. The standard InChI is InChI=1S/C19H19FN2O3/c1-13-6-7-14(10-17(13)20)19(24)21-8-9-22(18(23)12-21)15-4-3-5-16(11-15)25-2/h3-7,10-11H,8-9,12H2,1-2H3. The first-order valence-electron chi connectivity index (χ1n) is 7.99. The van der Waals surface area contributed by atoms with Crippen LogP contribution in [-0.4, -0.2) is 43.5 Å². The molecule has 1 aliphatic heterocycles. The molecule has 2 aromatic rings. The van der Waals surface area contributed by atoms with Gasteiger partial charge in [0.1, 0.15) is 18.1 Å². The van der Waals surface area contributed by atoms with E-state index in [-0.39, 0.29) is 23.9 Å². The van der Waals surface area contributed by atoms with Crippen molar-refractivity contribution < 1.29 is 18.7 Å². The van der Waals surface area contributed by atoms with E-state index in [9.17, 15) is 14.0 Å². The highest BCUT2D eigenvalue weighted by Gasteiger charge is 2.29. The number of carbonyl (C=O) groups excluding carboxylic acids is 2. The molecule has 1 aliphatic rings. The van der Waals surface area contributed by atoms with Gasteiger partial charge in [0.05, 0.1) is 7.11 Å². The number of anilines is 1. The predicted molar refractivity (Wildman–Crippen MR) is 92.4 cm³/mol. The van der Waals surface area contributed by atoms with Gasteiger partial charge in [-0.05, 0) is 36.8 Å². The number of benzene rings is 2. The molecule has 0 saturated carbocycles. The highest BCUT2D eigenvalue weighted by atomic mass is 19.1. The van der Waals surface area contributed by atoms with Gasteiger partial charge in [0.15, 0.2) is 0 Å². The van der Waals surface area contributed by atoms with Crippen molar-refractivity contribution >= 4 is 17.5 Å². The summed E-state index contributed by atoms with van der Waals surface area (Å²) in [6.45, 7) is 2.37. The predicted octanol–water partition coefficient (Wildman–Crippen LogP) is 2.63. The minimum Gasteiger partial charge on any atom is -0.497 e. The zero-order chi connectivity index (χ0) is 18.0. The molecular formula is C19H19FN2O3. The summed E-state index contributed by atoms with van der Waals surface area (Å²) in [4.78, 5) is 28.1. The zero-order valence-corrected chi connectivity index (χ0v) is 14.2. The fraction of sp³-hybridized carbons (Fsp3) is 0.263. The Morgan fingerprint density at radius 1 is 1.16 bits per heavy atom. The van der Waals surface area contributed by atoms with Crippen molar-refractivity contribution in [2.75, 3.05) is 31.6 Å². The maximum atomic E-state index is 13.7. The molecular weight excluding hydrogens is 323 g/mol. The molecule has 0 radical (unpaired) electrons. The van der Waals surface area contributed by atoms with Gasteiger partial charge in [-0.3, -0.25) is 9.59 Å². The van der Waals surface area contributed by atoms with Gasteiger partial charge in [-0.2, -0.15) is 0 Å². The van der Waals surface area contributed by atoms with Crippen LogP contribution < -0.4 is 9.64 Å². The molecule has 130 valence electrons. The van der Waals surface area contributed by atoms with Gasteiger partial charge in [-0.15, -0.1) is 0 Å². The summed E-state index contributed by atoms with van der Waals surface area (Å²) in [5.74, 6) is -0.274. The van der Waals surface area contributed by atoms with Crippen molar-refractivity contribution in [3.63, 3.8) is 0 Å². The second kappa shape index (κ2) is 6.93.